The Labute approximate surface area is 117 Å². The Morgan fingerprint density at radius 3 is 2.95 bits per heavy atom. The Morgan fingerprint density at radius 1 is 1.55 bits per heavy atom. The molecule has 1 fully saturated rings. The van der Waals surface area contributed by atoms with Crippen LogP contribution in [0.15, 0.2) is 18.2 Å². The average Bonchev–Trinajstić information content (AvgIpc) is 2.40. The summed E-state index contributed by atoms with van der Waals surface area (Å²) in [6, 6.07) is 5.52. The van der Waals surface area contributed by atoms with Crippen LogP contribution >= 0.6 is 0 Å². The van der Waals surface area contributed by atoms with Crippen molar-refractivity contribution >= 4 is 5.97 Å². The first-order valence-electron chi connectivity index (χ1n) is 6.66. The fraction of sp³-hybridized carbons (Fsp3) is 0.467. The van der Waals surface area contributed by atoms with E-state index < -0.39 is 17.8 Å². The van der Waals surface area contributed by atoms with Gasteiger partial charge in [0.25, 0.3) is 0 Å². The van der Waals surface area contributed by atoms with E-state index in [4.69, 9.17) is 5.26 Å². The molecule has 1 saturated heterocycles. The maximum absolute atomic E-state index is 13.4. The van der Waals surface area contributed by atoms with E-state index in [0.29, 0.717) is 31.0 Å². The number of likely N-dealkylation sites (tertiary alicyclic amines) is 1. The number of carboxylic acid groups (broad SMARTS) is 1. The SMILES string of the molecule is CC1CCN(Cc2cc(F)cc(C#N)c2)C(C(=O)O)C1. The van der Waals surface area contributed by atoms with Gasteiger partial charge in [0.1, 0.15) is 11.9 Å². The largest absolute Gasteiger partial charge is 0.480 e. The minimum atomic E-state index is -0.839. The van der Waals surface area contributed by atoms with Crippen LogP contribution in [0.25, 0.3) is 0 Å². The Morgan fingerprint density at radius 2 is 2.30 bits per heavy atom. The summed E-state index contributed by atoms with van der Waals surface area (Å²) >= 11 is 0. The zero-order valence-electron chi connectivity index (χ0n) is 11.3. The molecule has 4 nitrogen and oxygen atoms in total. The van der Waals surface area contributed by atoms with Crippen LogP contribution in [0, 0.1) is 23.1 Å². The fourth-order valence-electron chi connectivity index (χ4n) is 2.68. The van der Waals surface area contributed by atoms with Gasteiger partial charge in [0, 0.05) is 6.54 Å². The van der Waals surface area contributed by atoms with Crippen molar-refractivity contribution in [3.63, 3.8) is 0 Å². The van der Waals surface area contributed by atoms with Crippen molar-refractivity contribution in [3.8, 4) is 6.07 Å². The molecule has 0 aliphatic carbocycles. The predicted molar refractivity (Wildman–Crippen MR) is 71.3 cm³/mol. The molecular weight excluding hydrogens is 259 g/mol. The predicted octanol–water partition coefficient (Wildman–Crippen LogP) is 2.38. The van der Waals surface area contributed by atoms with E-state index in [2.05, 4.69) is 0 Å². The van der Waals surface area contributed by atoms with E-state index in [1.54, 1.807) is 6.07 Å². The maximum atomic E-state index is 13.4. The van der Waals surface area contributed by atoms with E-state index in [9.17, 15) is 14.3 Å². The number of aliphatic carboxylic acids is 1. The van der Waals surface area contributed by atoms with Crippen LogP contribution in [0.2, 0.25) is 0 Å². The summed E-state index contributed by atoms with van der Waals surface area (Å²) < 4.78 is 13.4. The number of hydrogen-bond acceptors (Lipinski definition) is 3. The van der Waals surface area contributed by atoms with Crippen molar-refractivity contribution < 1.29 is 14.3 Å². The van der Waals surface area contributed by atoms with Gasteiger partial charge in [-0.15, -0.1) is 0 Å². The number of piperidine rings is 1. The molecule has 2 rings (SSSR count). The van der Waals surface area contributed by atoms with E-state index >= 15 is 0 Å². The molecule has 0 amide bonds. The van der Waals surface area contributed by atoms with Gasteiger partial charge in [0.15, 0.2) is 0 Å². The highest BCUT2D eigenvalue weighted by Gasteiger charge is 2.31. The second kappa shape index (κ2) is 6.02. The number of carboxylic acids is 1. The minimum absolute atomic E-state index is 0.261. The molecule has 0 spiro atoms. The zero-order valence-corrected chi connectivity index (χ0v) is 11.3. The molecule has 1 aliphatic heterocycles. The highest BCUT2D eigenvalue weighted by atomic mass is 19.1. The molecular formula is C15H17FN2O2. The van der Waals surface area contributed by atoms with Crippen LogP contribution < -0.4 is 0 Å². The lowest BCUT2D eigenvalue weighted by molar-refractivity contribution is -0.145. The van der Waals surface area contributed by atoms with Crippen LogP contribution in [-0.4, -0.2) is 28.6 Å². The lowest BCUT2D eigenvalue weighted by Gasteiger charge is -2.36. The van der Waals surface area contributed by atoms with Crippen molar-refractivity contribution in [2.75, 3.05) is 6.54 Å². The first-order valence-corrected chi connectivity index (χ1v) is 6.66. The number of rotatable bonds is 3. The van der Waals surface area contributed by atoms with Crippen LogP contribution in [0.5, 0.6) is 0 Å². The fourth-order valence-corrected chi connectivity index (χ4v) is 2.68. The van der Waals surface area contributed by atoms with Gasteiger partial charge in [-0.2, -0.15) is 5.26 Å². The molecule has 0 aromatic heterocycles. The van der Waals surface area contributed by atoms with Crippen LogP contribution in [0.3, 0.4) is 0 Å². The highest BCUT2D eigenvalue weighted by Crippen LogP contribution is 2.24. The second-order valence-corrected chi connectivity index (χ2v) is 5.41. The van der Waals surface area contributed by atoms with Gasteiger partial charge in [-0.1, -0.05) is 6.92 Å². The standard InChI is InChI=1S/C15H17FN2O2/c1-10-2-3-18(14(4-10)15(19)20)9-12-5-11(8-17)6-13(16)7-12/h5-7,10,14H,2-4,9H2,1H3,(H,19,20). The molecule has 106 valence electrons. The summed E-state index contributed by atoms with van der Waals surface area (Å²) in [4.78, 5) is 13.2. The molecule has 0 radical (unpaired) electrons. The third-order valence-corrected chi connectivity index (χ3v) is 3.73. The first-order chi connectivity index (χ1) is 9.49. The Balaban J connectivity index is 2.17. The molecule has 20 heavy (non-hydrogen) atoms. The molecule has 0 bridgehead atoms. The molecule has 1 heterocycles. The summed E-state index contributed by atoms with van der Waals surface area (Å²) in [6.45, 7) is 3.08. The smallest absolute Gasteiger partial charge is 0.320 e. The molecule has 1 aromatic rings. The molecule has 2 unspecified atom stereocenters. The Bertz CT molecular complexity index is 553. The lowest BCUT2D eigenvalue weighted by atomic mass is 9.92. The summed E-state index contributed by atoms with van der Waals surface area (Å²) in [6.07, 6.45) is 1.54. The molecule has 5 heteroatoms. The van der Waals surface area contributed by atoms with Gasteiger partial charge in [0.2, 0.25) is 0 Å². The molecule has 0 saturated carbocycles. The van der Waals surface area contributed by atoms with Gasteiger partial charge in [0.05, 0.1) is 11.6 Å². The minimum Gasteiger partial charge on any atom is -0.480 e. The molecule has 1 aliphatic rings. The normalized spacial score (nSPS) is 23.2. The lowest BCUT2D eigenvalue weighted by Crippen LogP contribution is -2.46. The maximum Gasteiger partial charge on any atom is 0.320 e. The Hall–Kier alpha value is -1.93. The van der Waals surface area contributed by atoms with Crippen molar-refractivity contribution in [3.05, 3.63) is 35.1 Å². The third-order valence-electron chi connectivity index (χ3n) is 3.73. The van der Waals surface area contributed by atoms with E-state index in [1.807, 2.05) is 17.9 Å². The number of hydrogen-bond donors (Lipinski definition) is 1. The third kappa shape index (κ3) is 3.34. The van der Waals surface area contributed by atoms with Crippen molar-refractivity contribution in [1.82, 2.24) is 4.90 Å². The van der Waals surface area contributed by atoms with E-state index in [1.165, 1.54) is 12.1 Å². The van der Waals surface area contributed by atoms with Gasteiger partial charge in [-0.25, -0.2) is 4.39 Å². The summed E-state index contributed by atoms with van der Waals surface area (Å²) in [7, 11) is 0. The van der Waals surface area contributed by atoms with Crippen LogP contribution in [-0.2, 0) is 11.3 Å². The summed E-state index contributed by atoms with van der Waals surface area (Å²) in [5.74, 6) is -0.917. The quantitative estimate of drug-likeness (QED) is 0.920. The van der Waals surface area contributed by atoms with E-state index in [0.717, 1.165) is 6.42 Å². The average molecular weight is 276 g/mol. The van der Waals surface area contributed by atoms with Gasteiger partial charge in [-0.05, 0) is 49.1 Å². The van der Waals surface area contributed by atoms with Crippen molar-refractivity contribution in [1.29, 1.82) is 5.26 Å². The Kier molecular flexibility index (Phi) is 4.35. The molecule has 1 N–H and O–H groups in total. The number of benzene rings is 1. The van der Waals surface area contributed by atoms with Crippen LogP contribution in [0.1, 0.15) is 30.9 Å². The number of halogens is 1. The highest BCUT2D eigenvalue weighted by molar-refractivity contribution is 5.73. The number of nitrogens with zero attached hydrogens (tertiary/aromatic N) is 2. The van der Waals surface area contributed by atoms with Gasteiger partial charge < -0.3 is 5.11 Å². The van der Waals surface area contributed by atoms with Gasteiger partial charge >= 0.3 is 5.97 Å². The first kappa shape index (κ1) is 14.5. The van der Waals surface area contributed by atoms with E-state index in [-0.39, 0.29) is 5.56 Å². The second-order valence-electron chi connectivity index (χ2n) is 5.41. The number of carbonyl (C=O) groups is 1. The topological polar surface area (TPSA) is 64.3 Å². The zero-order chi connectivity index (χ0) is 14.7. The summed E-state index contributed by atoms with van der Waals surface area (Å²) in [5, 5.41) is 18.1. The van der Waals surface area contributed by atoms with Crippen LogP contribution in [0.4, 0.5) is 4.39 Å². The monoisotopic (exact) mass is 276 g/mol. The number of nitriles is 1. The van der Waals surface area contributed by atoms with Gasteiger partial charge in [-0.3, -0.25) is 9.69 Å². The molecule has 2 atom stereocenters. The van der Waals surface area contributed by atoms with Crippen molar-refractivity contribution in [2.45, 2.75) is 32.4 Å². The van der Waals surface area contributed by atoms with Crippen molar-refractivity contribution in [2.24, 2.45) is 5.92 Å². The molecule has 1 aromatic carbocycles. The summed E-state index contributed by atoms with van der Waals surface area (Å²) in [5.41, 5.74) is 0.902.